The topological polar surface area (TPSA) is 40.5 Å². The maximum Gasteiger partial charge on any atom is 0.304 e. The van der Waals surface area contributed by atoms with E-state index in [1.54, 1.807) is 0 Å². The molecule has 1 atom stereocenters. The van der Waals surface area contributed by atoms with Crippen molar-refractivity contribution < 1.29 is 9.90 Å². The summed E-state index contributed by atoms with van der Waals surface area (Å²) in [6, 6.07) is 1.33. The van der Waals surface area contributed by atoms with Crippen LogP contribution in [0.25, 0.3) is 0 Å². The van der Waals surface area contributed by atoms with Gasteiger partial charge in [-0.15, -0.1) is 0 Å². The standard InChI is InChI=1S/C13H23NO2/c1-13(2)7-5-11(9-13)14(10-3-4-10)8-6-12(15)16/h10-11H,3-9H2,1-2H3,(H,15,16). The van der Waals surface area contributed by atoms with Crippen molar-refractivity contribution in [2.75, 3.05) is 6.54 Å². The predicted molar refractivity (Wildman–Crippen MR) is 63.4 cm³/mol. The summed E-state index contributed by atoms with van der Waals surface area (Å²) in [6.45, 7) is 5.41. The molecule has 16 heavy (non-hydrogen) atoms. The molecule has 0 spiro atoms. The van der Waals surface area contributed by atoms with Crippen LogP contribution >= 0.6 is 0 Å². The van der Waals surface area contributed by atoms with Crippen molar-refractivity contribution in [1.82, 2.24) is 4.90 Å². The number of hydrogen-bond acceptors (Lipinski definition) is 2. The summed E-state index contributed by atoms with van der Waals surface area (Å²) in [7, 11) is 0. The number of aliphatic carboxylic acids is 1. The van der Waals surface area contributed by atoms with Crippen LogP contribution in [0.15, 0.2) is 0 Å². The first-order chi connectivity index (χ1) is 7.48. The molecular formula is C13H23NO2. The fraction of sp³-hybridized carbons (Fsp3) is 0.923. The molecule has 1 unspecified atom stereocenters. The molecule has 2 aliphatic rings. The van der Waals surface area contributed by atoms with Crippen molar-refractivity contribution in [3.63, 3.8) is 0 Å². The van der Waals surface area contributed by atoms with Gasteiger partial charge in [0, 0.05) is 18.6 Å². The van der Waals surface area contributed by atoms with Gasteiger partial charge in [-0.1, -0.05) is 13.8 Å². The largest absolute Gasteiger partial charge is 0.481 e. The highest BCUT2D eigenvalue weighted by Gasteiger charge is 2.40. The van der Waals surface area contributed by atoms with Gasteiger partial charge >= 0.3 is 5.97 Å². The molecular weight excluding hydrogens is 202 g/mol. The first-order valence-electron chi connectivity index (χ1n) is 6.45. The zero-order valence-corrected chi connectivity index (χ0v) is 10.4. The monoisotopic (exact) mass is 225 g/mol. The van der Waals surface area contributed by atoms with Gasteiger partial charge in [0.25, 0.3) is 0 Å². The van der Waals surface area contributed by atoms with Crippen LogP contribution < -0.4 is 0 Å². The second-order valence-corrected chi connectivity index (χ2v) is 6.17. The molecule has 0 aromatic carbocycles. The molecule has 0 aromatic heterocycles. The molecule has 0 heterocycles. The SMILES string of the molecule is CC1(C)CCC(N(CCC(=O)O)C2CC2)C1. The molecule has 0 amide bonds. The third kappa shape index (κ3) is 2.97. The van der Waals surface area contributed by atoms with Gasteiger partial charge < -0.3 is 5.11 Å². The van der Waals surface area contributed by atoms with Gasteiger partial charge in [0.2, 0.25) is 0 Å². The number of carbonyl (C=O) groups is 1. The van der Waals surface area contributed by atoms with Crippen LogP contribution in [0.2, 0.25) is 0 Å². The van der Waals surface area contributed by atoms with Crippen LogP contribution in [0.3, 0.4) is 0 Å². The van der Waals surface area contributed by atoms with E-state index in [9.17, 15) is 4.79 Å². The highest BCUT2D eigenvalue weighted by molar-refractivity contribution is 5.66. The lowest BCUT2D eigenvalue weighted by molar-refractivity contribution is -0.137. The average Bonchev–Trinajstić information content (AvgIpc) is 2.92. The minimum atomic E-state index is -0.664. The first kappa shape index (κ1) is 11.9. The van der Waals surface area contributed by atoms with E-state index in [4.69, 9.17) is 5.11 Å². The van der Waals surface area contributed by atoms with Crippen molar-refractivity contribution >= 4 is 5.97 Å². The summed E-state index contributed by atoms with van der Waals surface area (Å²) < 4.78 is 0. The van der Waals surface area contributed by atoms with Crippen molar-refractivity contribution in [2.24, 2.45) is 5.41 Å². The maximum absolute atomic E-state index is 10.7. The van der Waals surface area contributed by atoms with Crippen LogP contribution in [-0.4, -0.2) is 34.6 Å². The molecule has 1 N–H and O–H groups in total. The Kier molecular flexibility index (Phi) is 3.24. The molecule has 2 saturated carbocycles. The molecule has 0 aliphatic heterocycles. The van der Waals surface area contributed by atoms with E-state index in [0.717, 1.165) is 6.54 Å². The number of carboxylic acid groups (broad SMARTS) is 1. The third-order valence-electron chi connectivity index (χ3n) is 4.01. The molecule has 2 fully saturated rings. The van der Waals surface area contributed by atoms with E-state index >= 15 is 0 Å². The molecule has 3 heteroatoms. The van der Waals surface area contributed by atoms with E-state index in [1.165, 1.54) is 32.1 Å². The zero-order chi connectivity index (χ0) is 11.8. The van der Waals surface area contributed by atoms with Crippen LogP contribution in [0.5, 0.6) is 0 Å². The summed E-state index contributed by atoms with van der Waals surface area (Å²) in [5.41, 5.74) is 0.459. The number of nitrogens with zero attached hydrogens (tertiary/aromatic N) is 1. The van der Waals surface area contributed by atoms with Crippen LogP contribution in [0.1, 0.15) is 52.4 Å². The average molecular weight is 225 g/mol. The second kappa shape index (κ2) is 4.36. The number of hydrogen-bond donors (Lipinski definition) is 1. The molecule has 92 valence electrons. The van der Waals surface area contributed by atoms with Gasteiger partial charge in [0.15, 0.2) is 0 Å². The Labute approximate surface area is 97.8 Å². The summed E-state index contributed by atoms with van der Waals surface area (Å²) in [4.78, 5) is 13.1. The minimum Gasteiger partial charge on any atom is -0.481 e. The number of carboxylic acids is 1. The van der Waals surface area contributed by atoms with Gasteiger partial charge in [-0.25, -0.2) is 0 Å². The molecule has 2 rings (SSSR count). The minimum absolute atomic E-state index is 0.299. The van der Waals surface area contributed by atoms with Gasteiger partial charge in [-0.2, -0.15) is 0 Å². The summed E-state index contributed by atoms with van der Waals surface area (Å²) >= 11 is 0. The van der Waals surface area contributed by atoms with Crippen molar-refractivity contribution in [1.29, 1.82) is 0 Å². The highest BCUT2D eigenvalue weighted by atomic mass is 16.4. The summed E-state index contributed by atoms with van der Waals surface area (Å²) in [5.74, 6) is -0.664. The normalized spacial score (nSPS) is 28.6. The highest BCUT2D eigenvalue weighted by Crippen LogP contribution is 2.42. The van der Waals surface area contributed by atoms with Crippen molar-refractivity contribution in [3.05, 3.63) is 0 Å². The fourth-order valence-electron chi connectivity index (χ4n) is 2.98. The molecule has 0 saturated heterocycles. The van der Waals surface area contributed by atoms with E-state index in [1.807, 2.05) is 0 Å². The molecule has 0 radical (unpaired) electrons. The molecule has 2 aliphatic carbocycles. The fourth-order valence-corrected chi connectivity index (χ4v) is 2.98. The number of rotatable bonds is 5. The molecule has 0 bridgehead atoms. The first-order valence-corrected chi connectivity index (χ1v) is 6.45. The Morgan fingerprint density at radius 1 is 1.31 bits per heavy atom. The van der Waals surface area contributed by atoms with Crippen LogP contribution in [0, 0.1) is 5.41 Å². The van der Waals surface area contributed by atoms with Crippen molar-refractivity contribution in [2.45, 2.75) is 64.5 Å². The Balaban J connectivity index is 1.89. The van der Waals surface area contributed by atoms with E-state index in [-0.39, 0.29) is 0 Å². The van der Waals surface area contributed by atoms with Gasteiger partial charge in [-0.3, -0.25) is 9.69 Å². The predicted octanol–water partition coefficient (Wildman–Crippen LogP) is 2.50. The lowest BCUT2D eigenvalue weighted by Gasteiger charge is -2.29. The molecule has 3 nitrogen and oxygen atoms in total. The quantitative estimate of drug-likeness (QED) is 0.781. The zero-order valence-electron chi connectivity index (χ0n) is 10.4. The maximum atomic E-state index is 10.7. The second-order valence-electron chi connectivity index (χ2n) is 6.17. The molecule has 0 aromatic rings. The Morgan fingerprint density at radius 3 is 2.44 bits per heavy atom. The van der Waals surface area contributed by atoms with Crippen LogP contribution in [-0.2, 0) is 4.79 Å². The smallest absolute Gasteiger partial charge is 0.304 e. The van der Waals surface area contributed by atoms with Crippen LogP contribution in [0.4, 0.5) is 0 Å². The van der Waals surface area contributed by atoms with E-state index < -0.39 is 5.97 Å². The Hall–Kier alpha value is -0.570. The lowest BCUT2D eigenvalue weighted by Crippen LogP contribution is -2.37. The van der Waals surface area contributed by atoms with Gasteiger partial charge in [-0.05, 0) is 37.5 Å². The van der Waals surface area contributed by atoms with E-state index in [0.29, 0.717) is 23.9 Å². The third-order valence-corrected chi connectivity index (χ3v) is 4.01. The Morgan fingerprint density at radius 2 is 2.00 bits per heavy atom. The summed E-state index contributed by atoms with van der Waals surface area (Å²) in [6.07, 6.45) is 6.63. The Bertz CT molecular complexity index is 271. The van der Waals surface area contributed by atoms with E-state index in [2.05, 4.69) is 18.7 Å². The van der Waals surface area contributed by atoms with Gasteiger partial charge in [0.1, 0.15) is 0 Å². The lowest BCUT2D eigenvalue weighted by atomic mass is 9.91. The summed E-state index contributed by atoms with van der Waals surface area (Å²) in [5, 5.41) is 8.78. The van der Waals surface area contributed by atoms with Crippen molar-refractivity contribution in [3.8, 4) is 0 Å². The van der Waals surface area contributed by atoms with Gasteiger partial charge in [0.05, 0.1) is 6.42 Å².